The molecule has 0 fully saturated rings. The van der Waals surface area contributed by atoms with E-state index in [2.05, 4.69) is 26.3 Å². The monoisotopic (exact) mass is 342 g/mol. The quantitative estimate of drug-likeness (QED) is 0.668. The van der Waals surface area contributed by atoms with Gasteiger partial charge in [-0.1, -0.05) is 0 Å². The average molecular weight is 343 g/mol. The molecule has 0 saturated carbocycles. The van der Waals surface area contributed by atoms with E-state index in [9.17, 15) is 14.5 Å². The molecule has 0 amide bonds. The van der Waals surface area contributed by atoms with E-state index in [1.54, 1.807) is 23.1 Å². The minimum atomic E-state index is -0.551. The Labute approximate surface area is 122 Å². The molecule has 6 nitrogen and oxygen atoms in total. The molecule has 20 heavy (non-hydrogen) atoms. The summed E-state index contributed by atoms with van der Waals surface area (Å²) < 4.78 is 15.3. The normalized spacial score (nSPS) is 12.2. The van der Waals surface area contributed by atoms with Crippen LogP contribution in [0.3, 0.4) is 0 Å². The van der Waals surface area contributed by atoms with Crippen molar-refractivity contribution in [2.75, 3.05) is 5.32 Å². The Morgan fingerprint density at radius 2 is 2.35 bits per heavy atom. The molecule has 0 spiro atoms. The highest BCUT2D eigenvalue weighted by Crippen LogP contribution is 2.31. The molecule has 1 N–H and O–H groups in total. The fourth-order valence-electron chi connectivity index (χ4n) is 1.80. The number of hydrogen-bond acceptors (Lipinski definition) is 4. The second-order valence-electron chi connectivity index (χ2n) is 4.31. The summed E-state index contributed by atoms with van der Waals surface area (Å²) in [6, 6.07) is 3.91. The fourth-order valence-corrected chi connectivity index (χ4v) is 2.13. The summed E-state index contributed by atoms with van der Waals surface area (Å²) >= 11 is 2.94. The highest BCUT2D eigenvalue weighted by atomic mass is 79.9. The third-order valence-corrected chi connectivity index (χ3v) is 3.27. The van der Waals surface area contributed by atoms with E-state index in [1.165, 1.54) is 0 Å². The fraction of sp³-hybridized carbons (Fsp3) is 0.250. The van der Waals surface area contributed by atoms with Gasteiger partial charge in [0.25, 0.3) is 5.69 Å². The van der Waals surface area contributed by atoms with Crippen molar-refractivity contribution >= 4 is 27.3 Å². The van der Waals surface area contributed by atoms with Crippen molar-refractivity contribution in [3.05, 3.63) is 51.0 Å². The van der Waals surface area contributed by atoms with Gasteiger partial charge >= 0.3 is 0 Å². The van der Waals surface area contributed by atoms with Crippen LogP contribution in [0, 0.1) is 15.9 Å². The molecule has 1 aromatic carbocycles. The van der Waals surface area contributed by atoms with Gasteiger partial charge < -0.3 is 5.32 Å². The van der Waals surface area contributed by atoms with Gasteiger partial charge in [-0.15, -0.1) is 0 Å². The van der Waals surface area contributed by atoms with E-state index < -0.39 is 10.7 Å². The molecule has 2 rings (SSSR count). The van der Waals surface area contributed by atoms with Crippen LogP contribution in [0.1, 0.15) is 6.92 Å². The molecule has 2 aromatic rings. The molecule has 0 aliphatic rings. The molecule has 1 aromatic heterocycles. The Morgan fingerprint density at radius 1 is 1.60 bits per heavy atom. The van der Waals surface area contributed by atoms with Crippen LogP contribution >= 0.6 is 15.9 Å². The van der Waals surface area contributed by atoms with Crippen molar-refractivity contribution in [3.8, 4) is 0 Å². The summed E-state index contributed by atoms with van der Waals surface area (Å²) in [5, 5.41) is 18.0. The van der Waals surface area contributed by atoms with E-state index >= 15 is 0 Å². The summed E-state index contributed by atoms with van der Waals surface area (Å²) in [6.45, 7) is 2.35. The van der Waals surface area contributed by atoms with Crippen molar-refractivity contribution in [2.45, 2.75) is 19.5 Å². The first kappa shape index (κ1) is 14.4. The van der Waals surface area contributed by atoms with E-state index in [4.69, 9.17) is 0 Å². The Morgan fingerprint density at radius 3 is 2.95 bits per heavy atom. The first-order chi connectivity index (χ1) is 9.47. The summed E-state index contributed by atoms with van der Waals surface area (Å²) in [5.41, 5.74) is -0.0269. The second kappa shape index (κ2) is 6.00. The number of nitro groups is 1. The summed E-state index contributed by atoms with van der Waals surface area (Å²) in [6.07, 6.45) is 3.43. The third kappa shape index (κ3) is 3.32. The first-order valence-corrected chi connectivity index (χ1v) is 6.64. The summed E-state index contributed by atoms with van der Waals surface area (Å²) in [4.78, 5) is 10.4. The maximum Gasteiger partial charge on any atom is 0.293 e. The molecule has 0 aliphatic carbocycles. The first-order valence-electron chi connectivity index (χ1n) is 5.84. The van der Waals surface area contributed by atoms with Crippen LogP contribution in [-0.4, -0.2) is 20.7 Å². The van der Waals surface area contributed by atoms with Gasteiger partial charge in [0.1, 0.15) is 11.5 Å². The smallest absolute Gasteiger partial charge is 0.293 e. The van der Waals surface area contributed by atoms with E-state index in [0.717, 1.165) is 12.1 Å². The number of nitro benzene ring substituents is 1. The van der Waals surface area contributed by atoms with Gasteiger partial charge in [-0.3, -0.25) is 14.8 Å². The predicted molar refractivity (Wildman–Crippen MR) is 76.1 cm³/mol. The predicted octanol–water partition coefficient (Wildman–Crippen LogP) is 3.19. The van der Waals surface area contributed by atoms with Crippen molar-refractivity contribution in [3.63, 3.8) is 0 Å². The van der Waals surface area contributed by atoms with Gasteiger partial charge in [-0.2, -0.15) is 5.10 Å². The molecule has 8 heteroatoms. The molecule has 1 atom stereocenters. The molecule has 0 saturated heterocycles. The SMILES string of the molecule is CC(Cn1cccn1)Nc1cc(F)c(Br)cc1[N+](=O)[O-]. The third-order valence-electron chi connectivity index (χ3n) is 2.66. The maximum atomic E-state index is 13.5. The Kier molecular flexibility index (Phi) is 4.33. The number of hydrogen-bond donors (Lipinski definition) is 1. The van der Waals surface area contributed by atoms with Crippen LogP contribution in [-0.2, 0) is 6.54 Å². The Bertz CT molecular complexity index is 618. The summed E-state index contributed by atoms with van der Waals surface area (Å²) in [5.74, 6) is -0.551. The van der Waals surface area contributed by atoms with Crippen LogP contribution in [0.4, 0.5) is 15.8 Å². The van der Waals surface area contributed by atoms with Crippen LogP contribution in [0.25, 0.3) is 0 Å². The summed E-state index contributed by atoms with van der Waals surface area (Å²) in [7, 11) is 0. The van der Waals surface area contributed by atoms with Crippen molar-refractivity contribution in [1.82, 2.24) is 9.78 Å². The number of nitrogens with zero attached hydrogens (tertiary/aromatic N) is 3. The Hall–Kier alpha value is -1.96. The number of nitrogens with one attached hydrogen (secondary N) is 1. The molecule has 1 unspecified atom stereocenters. The average Bonchev–Trinajstić information content (AvgIpc) is 2.85. The largest absolute Gasteiger partial charge is 0.375 e. The van der Waals surface area contributed by atoms with Gasteiger partial charge in [0.2, 0.25) is 0 Å². The molecule has 0 bridgehead atoms. The Balaban J connectivity index is 2.19. The van der Waals surface area contributed by atoms with Crippen molar-refractivity contribution in [2.24, 2.45) is 0 Å². The number of benzene rings is 1. The standard InChI is InChI=1S/C12H12BrFN4O2/c1-8(7-17-4-2-3-15-17)16-11-6-10(14)9(13)5-12(11)18(19)20/h2-6,8,16H,7H2,1H3. The van der Waals surface area contributed by atoms with Crippen molar-refractivity contribution in [1.29, 1.82) is 0 Å². The van der Waals surface area contributed by atoms with Gasteiger partial charge in [0, 0.05) is 30.6 Å². The highest BCUT2D eigenvalue weighted by molar-refractivity contribution is 9.10. The molecular weight excluding hydrogens is 331 g/mol. The molecule has 106 valence electrons. The van der Waals surface area contributed by atoms with Gasteiger partial charge in [-0.05, 0) is 28.9 Å². The number of rotatable bonds is 5. The zero-order chi connectivity index (χ0) is 14.7. The lowest BCUT2D eigenvalue weighted by molar-refractivity contribution is -0.384. The molecular formula is C12H12BrFN4O2. The zero-order valence-electron chi connectivity index (χ0n) is 10.6. The second-order valence-corrected chi connectivity index (χ2v) is 5.17. The van der Waals surface area contributed by atoms with E-state index in [1.807, 2.05) is 6.92 Å². The van der Waals surface area contributed by atoms with Crippen LogP contribution in [0.5, 0.6) is 0 Å². The van der Waals surface area contributed by atoms with Crippen LogP contribution in [0.2, 0.25) is 0 Å². The topological polar surface area (TPSA) is 73.0 Å². The molecule has 1 heterocycles. The molecule has 0 aliphatic heterocycles. The minimum absolute atomic E-state index is 0.0643. The number of halogens is 2. The number of aromatic nitrogens is 2. The van der Waals surface area contributed by atoms with E-state index in [0.29, 0.717) is 6.54 Å². The van der Waals surface area contributed by atoms with Crippen molar-refractivity contribution < 1.29 is 9.31 Å². The van der Waals surface area contributed by atoms with Gasteiger partial charge in [0.15, 0.2) is 0 Å². The lowest BCUT2D eigenvalue weighted by Gasteiger charge is -2.15. The van der Waals surface area contributed by atoms with E-state index in [-0.39, 0.29) is 21.9 Å². The van der Waals surface area contributed by atoms with Gasteiger partial charge in [0.05, 0.1) is 15.9 Å². The molecule has 0 radical (unpaired) electrons. The highest BCUT2D eigenvalue weighted by Gasteiger charge is 2.19. The maximum absolute atomic E-state index is 13.5. The van der Waals surface area contributed by atoms with Gasteiger partial charge in [-0.25, -0.2) is 4.39 Å². The lowest BCUT2D eigenvalue weighted by atomic mass is 10.2. The number of anilines is 1. The lowest BCUT2D eigenvalue weighted by Crippen LogP contribution is -2.22. The minimum Gasteiger partial charge on any atom is -0.375 e. The van der Waals surface area contributed by atoms with Crippen LogP contribution < -0.4 is 5.32 Å². The van der Waals surface area contributed by atoms with Crippen LogP contribution in [0.15, 0.2) is 35.1 Å². The zero-order valence-corrected chi connectivity index (χ0v) is 12.2.